The van der Waals surface area contributed by atoms with E-state index in [2.05, 4.69) is 10.6 Å². The fourth-order valence-corrected chi connectivity index (χ4v) is 2.74. The quantitative estimate of drug-likeness (QED) is 0.825. The summed E-state index contributed by atoms with van der Waals surface area (Å²) in [5.74, 6) is 1.58. The fourth-order valence-electron chi connectivity index (χ4n) is 2.54. The van der Waals surface area contributed by atoms with Crippen LogP contribution in [-0.2, 0) is 0 Å². The predicted molar refractivity (Wildman–Crippen MR) is 83.8 cm³/mol. The number of ether oxygens (including phenoxy) is 1. The number of thiocarbonyl (C=S) groups is 1. The van der Waals surface area contributed by atoms with E-state index in [-0.39, 0.29) is 0 Å². The van der Waals surface area contributed by atoms with E-state index in [1.165, 1.54) is 32.1 Å². The first-order valence-electron chi connectivity index (χ1n) is 6.97. The summed E-state index contributed by atoms with van der Waals surface area (Å²) in [6.45, 7) is 0.973. The van der Waals surface area contributed by atoms with Crippen molar-refractivity contribution in [3.05, 3.63) is 24.3 Å². The van der Waals surface area contributed by atoms with Crippen molar-refractivity contribution in [2.75, 3.05) is 19.0 Å². The highest BCUT2D eigenvalue weighted by Gasteiger charge is 2.13. The molecule has 1 aromatic carbocycles. The molecule has 1 fully saturated rings. The number of hydrogen-bond donors (Lipinski definition) is 2. The monoisotopic (exact) mass is 278 g/mol. The summed E-state index contributed by atoms with van der Waals surface area (Å²) in [5.41, 5.74) is 0.908. The van der Waals surface area contributed by atoms with E-state index < -0.39 is 0 Å². The van der Waals surface area contributed by atoms with Crippen molar-refractivity contribution in [2.24, 2.45) is 5.92 Å². The molecule has 1 aliphatic rings. The molecule has 1 aliphatic carbocycles. The molecule has 0 spiro atoms. The second kappa shape index (κ2) is 7.34. The van der Waals surface area contributed by atoms with Crippen LogP contribution in [0.3, 0.4) is 0 Å². The Morgan fingerprint density at radius 1 is 1.26 bits per heavy atom. The Morgan fingerprint density at radius 3 is 2.74 bits per heavy atom. The van der Waals surface area contributed by atoms with Crippen molar-refractivity contribution in [3.8, 4) is 5.75 Å². The highest BCUT2D eigenvalue weighted by molar-refractivity contribution is 7.80. The maximum atomic E-state index is 5.33. The highest BCUT2D eigenvalue weighted by Crippen LogP contribution is 2.24. The molecule has 1 aromatic rings. The smallest absolute Gasteiger partial charge is 0.170 e. The number of benzene rings is 1. The van der Waals surface area contributed by atoms with E-state index in [9.17, 15) is 0 Å². The molecule has 0 unspecified atom stereocenters. The summed E-state index contributed by atoms with van der Waals surface area (Å²) in [6, 6.07) is 7.80. The first-order chi connectivity index (χ1) is 9.29. The van der Waals surface area contributed by atoms with Crippen LogP contribution in [0.1, 0.15) is 32.1 Å². The fraction of sp³-hybridized carbons (Fsp3) is 0.533. The van der Waals surface area contributed by atoms with Crippen LogP contribution in [-0.4, -0.2) is 18.8 Å². The molecule has 104 valence electrons. The van der Waals surface area contributed by atoms with E-state index in [4.69, 9.17) is 17.0 Å². The summed E-state index contributed by atoms with van der Waals surface area (Å²) < 4.78 is 5.29. The summed E-state index contributed by atoms with van der Waals surface area (Å²) in [7, 11) is 1.67. The maximum absolute atomic E-state index is 5.33. The third kappa shape index (κ3) is 4.39. The lowest BCUT2D eigenvalue weighted by atomic mass is 9.89. The lowest BCUT2D eigenvalue weighted by Gasteiger charge is -2.22. The van der Waals surface area contributed by atoms with Crippen LogP contribution in [0.4, 0.5) is 5.69 Å². The molecule has 2 rings (SSSR count). The van der Waals surface area contributed by atoms with E-state index in [1.807, 2.05) is 24.3 Å². The van der Waals surface area contributed by atoms with Crippen molar-refractivity contribution < 1.29 is 4.74 Å². The molecule has 19 heavy (non-hydrogen) atoms. The van der Waals surface area contributed by atoms with Gasteiger partial charge in [0.2, 0.25) is 0 Å². The van der Waals surface area contributed by atoms with Crippen LogP contribution in [0.15, 0.2) is 24.3 Å². The second-order valence-electron chi connectivity index (χ2n) is 5.04. The first-order valence-corrected chi connectivity index (χ1v) is 7.38. The van der Waals surface area contributed by atoms with Crippen molar-refractivity contribution in [3.63, 3.8) is 0 Å². The topological polar surface area (TPSA) is 33.3 Å². The van der Waals surface area contributed by atoms with Crippen LogP contribution < -0.4 is 15.4 Å². The molecule has 1 saturated carbocycles. The molecule has 0 amide bonds. The molecule has 0 aromatic heterocycles. The molecular formula is C15H22N2OS. The van der Waals surface area contributed by atoms with Crippen molar-refractivity contribution in [1.82, 2.24) is 5.32 Å². The van der Waals surface area contributed by atoms with Gasteiger partial charge >= 0.3 is 0 Å². The molecule has 2 N–H and O–H groups in total. The van der Waals surface area contributed by atoms with Gasteiger partial charge in [0.1, 0.15) is 5.75 Å². The lowest BCUT2D eigenvalue weighted by molar-refractivity contribution is 0.357. The Kier molecular flexibility index (Phi) is 5.45. The Morgan fingerprint density at radius 2 is 2.00 bits per heavy atom. The SMILES string of the molecule is COc1ccccc1NC(=S)NCC1CCCCC1. The minimum Gasteiger partial charge on any atom is -0.495 e. The van der Waals surface area contributed by atoms with Gasteiger partial charge in [-0.3, -0.25) is 0 Å². The van der Waals surface area contributed by atoms with Gasteiger partial charge in [0.05, 0.1) is 12.8 Å². The summed E-state index contributed by atoms with van der Waals surface area (Å²) in [5, 5.41) is 7.19. The van der Waals surface area contributed by atoms with Crippen LogP contribution in [0.25, 0.3) is 0 Å². The number of methoxy groups -OCH3 is 1. The maximum Gasteiger partial charge on any atom is 0.170 e. The molecule has 0 atom stereocenters. The van der Waals surface area contributed by atoms with Gasteiger partial charge in [-0.05, 0) is 43.1 Å². The predicted octanol–water partition coefficient (Wildman–Crippen LogP) is 3.56. The van der Waals surface area contributed by atoms with Gasteiger partial charge < -0.3 is 15.4 Å². The second-order valence-corrected chi connectivity index (χ2v) is 5.45. The van der Waals surface area contributed by atoms with Crippen molar-refractivity contribution >= 4 is 23.0 Å². The standard InChI is InChI=1S/C15H22N2OS/c1-18-14-10-6-5-9-13(14)17-15(19)16-11-12-7-3-2-4-8-12/h5-6,9-10,12H,2-4,7-8,11H2,1H3,(H2,16,17,19). The zero-order valence-electron chi connectivity index (χ0n) is 11.4. The molecule has 0 bridgehead atoms. The summed E-state index contributed by atoms with van der Waals surface area (Å²) >= 11 is 5.33. The van der Waals surface area contributed by atoms with Gasteiger partial charge in [-0.2, -0.15) is 0 Å². The highest BCUT2D eigenvalue weighted by atomic mass is 32.1. The average molecular weight is 278 g/mol. The van der Waals surface area contributed by atoms with E-state index in [0.29, 0.717) is 5.11 Å². The van der Waals surface area contributed by atoms with Gasteiger partial charge in [-0.15, -0.1) is 0 Å². The van der Waals surface area contributed by atoms with Gasteiger partial charge in [-0.1, -0.05) is 31.4 Å². The van der Waals surface area contributed by atoms with Gasteiger partial charge in [0.25, 0.3) is 0 Å². The zero-order valence-corrected chi connectivity index (χ0v) is 12.3. The average Bonchev–Trinajstić information content (AvgIpc) is 2.47. The normalized spacial score (nSPS) is 15.8. The number of nitrogens with one attached hydrogen (secondary N) is 2. The zero-order chi connectivity index (χ0) is 13.5. The van der Waals surface area contributed by atoms with Gasteiger partial charge in [-0.25, -0.2) is 0 Å². The molecule has 0 radical (unpaired) electrons. The minimum absolute atomic E-state index is 0.676. The Labute approximate surface area is 120 Å². The largest absolute Gasteiger partial charge is 0.495 e. The molecular weight excluding hydrogens is 256 g/mol. The Bertz CT molecular complexity index is 416. The van der Waals surface area contributed by atoms with E-state index in [1.54, 1.807) is 7.11 Å². The molecule has 3 nitrogen and oxygen atoms in total. The number of anilines is 1. The Balaban J connectivity index is 1.80. The lowest BCUT2D eigenvalue weighted by Crippen LogP contribution is -2.33. The number of rotatable bonds is 4. The number of para-hydroxylation sites is 2. The molecule has 0 saturated heterocycles. The summed E-state index contributed by atoms with van der Waals surface area (Å²) in [6.07, 6.45) is 6.76. The van der Waals surface area contributed by atoms with Crippen molar-refractivity contribution in [2.45, 2.75) is 32.1 Å². The molecule has 0 heterocycles. The van der Waals surface area contributed by atoms with Crippen LogP contribution in [0.2, 0.25) is 0 Å². The van der Waals surface area contributed by atoms with E-state index in [0.717, 1.165) is 23.9 Å². The van der Waals surface area contributed by atoms with Gasteiger partial charge in [0, 0.05) is 6.54 Å². The number of hydrogen-bond acceptors (Lipinski definition) is 2. The van der Waals surface area contributed by atoms with Crippen LogP contribution in [0, 0.1) is 5.92 Å². The molecule has 0 aliphatic heterocycles. The molecule has 4 heteroatoms. The van der Waals surface area contributed by atoms with E-state index >= 15 is 0 Å². The van der Waals surface area contributed by atoms with Crippen molar-refractivity contribution in [1.29, 1.82) is 0 Å². The first kappa shape index (κ1) is 14.1. The third-order valence-corrected chi connectivity index (χ3v) is 3.88. The Hall–Kier alpha value is -1.29. The van der Waals surface area contributed by atoms with Crippen LogP contribution >= 0.6 is 12.2 Å². The van der Waals surface area contributed by atoms with Crippen LogP contribution in [0.5, 0.6) is 5.75 Å². The summed E-state index contributed by atoms with van der Waals surface area (Å²) in [4.78, 5) is 0. The third-order valence-electron chi connectivity index (χ3n) is 3.63. The minimum atomic E-state index is 0.676. The van der Waals surface area contributed by atoms with Gasteiger partial charge in [0.15, 0.2) is 5.11 Å².